The number of morpholine rings is 1. The van der Waals surface area contributed by atoms with Crippen LogP contribution in [0.1, 0.15) is 10.4 Å². The highest BCUT2D eigenvalue weighted by atomic mass is 79.9. The van der Waals surface area contributed by atoms with Crippen molar-refractivity contribution in [3.63, 3.8) is 0 Å². The highest BCUT2D eigenvalue weighted by Gasteiger charge is 2.15. The van der Waals surface area contributed by atoms with E-state index in [-0.39, 0.29) is 11.9 Å². The Kier molecular flexibility index (Phi) is 5.17. The molecule has 1 aliphatic rings. The van der Waals surface area contributed by atoms with E-state index < -0.39 is 0 Å². The maximum absolute atomic E-state index is 12.0. The summed E-state index contributed by atoms with van der Waals surface area (Å²) in [5, 5.41) is 6.19. The zero-order chi connectivity index (χ0) is 13.0. The Morgan fingerprint density at radius 1 is 1.50 bits per heavy atom. The lowest BCUT2D eigenvalue weighted by Gasteiger charge is -2.24. The quantitative estimate of drug-likeness (QED) is 0.846. The Balaban J connectivity index is 1.90. The molecule has 0 aromatic heterocycles. The first-order valence-corrected chi connectivity index (χ1v) is 7.30. The van der Waals surface area contributed by atoms with Crippen LogP contribution in [-0.4, -0.2) is 38.3 Å². The summed E-state index contributed by atoms with van der Waals surface area (Å²) in [7, 11) is 0. The molecule has 18 heavy (non-hydrogen) atoms. The van der Waals surface area contributed by atoms with Gasteiger partial charge in [-0.15, -0.1) is 0 Å². The number of ether oxygens (including phenoxy) is 1. The van der Waals surface area contributed by atoms with Crippen molar-refractivity contribution in [3.05, 3.63) is 32.7 Å². The summed E-state index contributed by atoms with van der Waals surface area (Å²) in [5.74, 6) is -0.0817. The van der Waals surface area contributed by atoms with Crippen LogP contribution >= 0.6 is 31.9 Å². The molecule has 1 atom stereocenters. The Morgan fingerprint density at radius 3 is 3.00 bits per heavy atom. The monoisotopic (exact) mass is 376 g/mol. The maximum Gasteiger partial charge on any atom is 0.252 e. The number of rotatable bonds is 3. The summed E-state index contributed by atoms with van der Waals surface area (Å²) in [6.45, 7) is 2.79. The van der Waals surface area contributed by atoms with E-state index in [1.165, 1.54) is 0 Å². The smallest absolute Gasteiger partial charge is 0.252 e. The molecule has 0 radical (unpaired) electrons. The van der Waals surface area contributed by atoms with E-state index in [4.69, 9.17) is 4.74 Å². The molecule has 0 bridgehead atoms. The number of hydrogen-bond donors (Lipinski definition) is 2. The van der Waals surface area contributed by atoms with E-state index in [0.29, 0.717) is 18.7 Å². The molecule has 2 rings (SSSR count). The minimum atomic E-state index is -0.0817. The molecule has 1 unspecified atom stereocenters. The van der Waals surface area contributed by atoms with Gasteiger partial charge in [0.05, 0.1) is 18.8 Å². The van der Waals surface area contributed by atoms with E-state index >= 15 is 0 Å². The summed E-state index contributed by atoms with van der Waals surface area (Å²) < 4.78 is 7.05. The van der Waals surface area contributed by atoms with Gasteiger partial charge in [0.1, 0.15) is 0 Å². The van der Waals surface area contributed by atoms with Gasteiger partial charge in [-0.25, -0.2) is 0 Å². The van der Waals surface area contributed by atoms with Gasteiger partial charge >= 0.3 is 0 Å². The van der Waals surface area contributed by atoms with Gasteiger partial charge in [-0.3, -0.25) is 4.79 Å². The van der Waals surface area contributed by atoms with Gasteiger partial charge in [0, 0.05) is 28.1 Å². The van der Waals surface area contributed by atoms with Crippen LogP contribution in [0.5, 0.6) is 0 Å². The predicted molar refractivity (Wildman–Crippen MR) is 76.8 cm³/mol. The molecule has 1 amide bonds. The highest BCUT2D eigenvalue weighted by Crippen LogP contribution is 2.21. The first-order chi connectivity index (χ1) is 8.66. The van der Waals surface area contributed by atoms with Gasteiger partial charge < -0.3 is 15.4 Å². The lowest BCUT2D eigenvalue weighted by atomic mass is 10.2. The standard InChI is InChI=1S/C12H14Br2N2O2/c13-8-1-2-10(11(14)5-8)12(17)16-6-9-7-18-4-3-15-9/h1-2,5,9,15H,3-4,6-7H2,(H,16,17). The second kappa shape index (κ2) is 6.65. The Morgan fingerprint density at radius 2 is 2.33 bits per heavy atom. The minimum absolute atomic E-state index is 0.0817. The van der Waals surface area contributed by atoms with Gasteiger partial charge in [-0.1, -0.05) is 15.9 Å². The van der Waals surface area contributed by atoms with Gasteiger partial charge in [-0.05, 0) is 34.1 Å². The number of carbonyl (C=O) groups is 1. The third-order valence-electron chi connectivity index (χ3n) is 2.68. The predicted octanol–water partition coefficient (Wildman–Crippen LogP) is 1.93. The third kappa shape index (κ3) is 3.78. The third-order valence-corrected chi connectivity index (χ3v) is 3.83. The van der Waals surface area contributed by atoms with Crippen LogP contribution in [-0.2, 0) is 4.74 Å². The first kappa shape index (κ1) is 14.0. The van der Waals surface area contributed by atoms with Crippen LogP contribution in [0.2, 0.25) is 0 Å². The molecule has 1 fully saturated rings. The molecule has 1 aromatic rings. The summed E-state index contributed by atoms with van der Waals surface area (Å²) in [6.07, 6.45) is 0. The second-order valence-corrected chi connectivity index (χ2v) is 5.83. The second-order valence-electron chi connectivity index (χ2n) is 4.06. The molecule has 2 N–H and O–H groups in total. The minimum Gasteiger partial charge on any atom is -0.378 e. The fourth-order valence-corrected chi connectivity index (χ4v) is 2.96. The van der Waals surface area contributed by atoms with Crippen LogP contribution in [0.3, 0.4) is 0 Å². The van der Waals surface area contributed by atoms with Crippen molar-refractivity contribution in [1.29, 1.82) is 0 Å². The van der Waals surface area contributed by atoms with E-state index in [1.54, 1.807) is 6.07 Å². The number of nitrogens with one attached hydrogen (secondary N) is 2. The van der Waals surface area contributed by atoms with Crippen molar-refractivity contribution >= 4 is 37.8 Å². The number of carbonyl (C=O) groups excluding carboxylic acids is 1. The van der Waals surface area contributed by atoms with Crippen molar-refractivity contribution in [1.82, 2.24) is 10.6 Å². The highest BCUT2D eigenvalue weighted by molar-refractivity contribution is 9.11. The largest absolute Gasteiger partial charge is 0.378 e. The van der Waals surface area contributed by atoms with Gasteiger partial charge in [0.25, 0.3) is 5.91 Å². The molecule has 98 valence electrons. The fraction of sp³-hybridized carbons (Fsp3) is 0.417. The zero-order valence-electron chi connectivity index (χ0n) is 9.71. The molecule has 1 aromatic carbocycles. The topological polar surface area (TPSA) is 50.4 Å². The van der Waals surface area contributed by atoms with Crippen molar-refractivity contribution in [2.24, 2.45) is 0 Å². The van der Waals surface area contributed by atoms with E-state index in [2.05, 4.69) is 42.5 Å². The summed E-state index contributed by atoms with van der Waals surface area (Å²) >= 11 is 6.74. The van der Waals surface area contributed by atoms with Crippen molar-refractivity contribution in [2.45, 2.75) is 6.04 Å². The SMILES string of the molecule is O=C(NCC1COCCN1)c1ccc(Br)cc1Br. The van der Waals surface area contributed by atoms with Crippen LogP contribution in [0, 0.1) is 0 Å². The normalized spacial score (nSPS) is 19.6. The van der Waals surface area contributed by atoms with Crippen LogP contribution in [0.15, 0.2) is 27.1 Å². The van der Waals surface area contributed by atoms with Crippen LogP contribution in [0.25, 0.3) is 0 Å². The van der Waals surface area contributed by atoms with Crippen molar-refractivity contribution in [3.8, 4) is 0 Å². The number of benzene rings is 1. The molecule has 0 spiro atoms. The Bertz CT molecular complexity index is 434. The average Bonchev–Trinajstić information content (AvgIpc) is 2.37. The van der Waals surface area contributed by atoms with E-state index in [0.717, 1.165) is 22.1 Å². The van der Waals surface area contributed by atoms with Crippen molar-refractivity contribution in [2.75, 3.05) is 26.3 Å². The molecular weight excluding hydrogens is 364 g/mol. The lowest BCUT2D eigenvalue weighted by Crippen LogP contribution is -2.48. The van der Waals surface area contributed by atoms with E-state index in [9.17, 15) is 4.79 Å². The number of amides is 1. The molecular formula is C12H14Br2N2O2. The molecule has 0 saturated carbocycles. The lowest BCUT2D eigenvalue weighted by molar-refractivity contribution is 0.0734. The molecule has 0 aliphatic carbocycles. The summed E-state index contributed by atoms with van der Waals surface area (Å²) in [6, 6.07) is 5.68. The average molecular weight is 378 g/mol. The number of halogens is 2. The number of hydrogen-bond acceptors (Lipinski definition) is 3. The Hall–Kier alpha value is -0.430. The molecule has 6 heteroatoms. The molecule has 1 aliphatic heterocycles. The van der Waals surface area contributed by atoms with Crippen molar-refractivity contribution < 1.29 is 9.53 Å². The van der Waals surface area contributed by atoms with E-state index in [1.807, 2.05) is 12.1 Å². The molecule has 1 saturated heterocycles. The fourth-order valence-electron chi connectivity index (χ4n) is 1.74. The van der Waals surface area contributed by atoms with Crippen LogP contribution in [0.4, 0.5) is 0 Å². The first-order valence-electron chi connectivity index (χ1n) is 5.71. The van der Waals surface area contributed by atoms with Gasteiger partial charge in [0.2, 0.25) is 0 Å². The molecule has 1 heterocycles. The zero-order valence-corrected chi connectivity index (χ0v) is 12.9. The maximum atomic E-state index is 12.0. The summed E-state index contributed by atoms with van der Waals surface area (Å²) in [5.41, 5.74) is 0.634. The molecule has 4 nitrogen and oxygen atoms in total. The van der Waals surface area contributed by atoms with Crippen LogP contribution < -0.4 is 10.6 Å². The van der Waals surface area contributed by atoms with Gasteiger partial charge in [0.15, 0.2) is 0 Å². The Labute approximate surface area is 123 Å². The summed E-state index contributed by atoms with van der Waals surface area (Å²) in [4.78, 5) is 12.0. The van der Waals surface area contributed by atoms with Gasteiger partial charge in [-0.2, -0.15) is 0 Å².